The van der Waals surface area contributed by atoms with Gasteiger partial charge in [-0.05, 0) is 86.9 Å². The number of halogens is 2. The second-order valence-electron chi connectivity index (χ2n) is 7.02. The van der Waals surface area contributed by atoms with Gasteiger partial charge in [-0.3, -0.25) is 14.9 Å². The Labute approximate surface area is 212 Å². The van der Waals surface area contributed by atoms with Crippen LogP contribution in [-0.2, 0) is 11.4 Å². The van der Waals surface area contributed by atoms with Crippen molar-refractivity contribution in [3.05, 3.63) is 101 Å². The smallest absolute Gasteiger partial charge is 0.269 e. The number of nitrogens with zero attached hydrogens (tertiary/aromatic N) is 2. The Kier molecular flexibility index (Phi) is 8.19. The van der Waals surface area contributed by atoms with Crippen LogP contribution in [0.5, 0.6) is 5.75 Å². The van der Waals surface area contributed by atoms with E-state index in [9.17, 15) is 20.2 Å². The highest BCUT2D eigenvalue weighted by atomic mass is 127. The molecule has 0 unspecified atom stereocenters. The third-order valence-corrected chi connectivity index (χ3v) is 5.90. The molecule has 3 rings (SSSR count). The van der Waals surface area contributed by atoms with Crippen molar-refractivity contribution in [3.8, 4) is 11.8 Å². The van der Waals surface area contributed by atoms with Gasteiger partial charge in [-0.25, -0.2) is 0 Å². The lowest BCUT2D eigenvalue weighted by Gasteiger charge is -2.12. The number of amides is 1. The third-order valence-electron chi connectivity index (χ3n) is 4.51. The second-order valence-corrected chi connectivity index (χ2v) is 9.04. The summed E-state index contributed by atoms with van der Waals surface area (Å²) in [5, 5.41) is 23.1. The van der Waals surface area contributed by atoms with E-state index in [1.165, 1.54) is 18.2 Å². The fourth-order valence-electron chi connectivity index (χ4n) is 2.87. The predicted molar refractivity (Wildman–Crippen MR) is 138 cm³/mol. The molecule has 3 aromatic rings. The van der Waals surface area contributed by atoms with Crippen LogP contribution in [0.4, 0.5) is 11.4 Å². The monoisotopic (exact) mass is 617 g/mol. The highest BCUT2D eigenvalue weighted by molar-refractivity contribution is 14.1. The van der Waals surface area contributed by atoms with E-state index in [0.717, 1.165) is 9.13 Å². The summed E-state index contributed by atoms with van der Waals surface area (Å²) in [5.74, 6) is 0.0559. The van der Waals surface area contributed by atoms with Gasteiger partial charge in [0.05, 0.1) is 13.0 Å². The van der Waals surface area contributed by atoms with Crippen LogP contribution in [0.1, 0.15) is 16.7 Å². The summed E-state index contributed by atoms with van der Waals surface area (Å²) in [7, 11) is 0. The molecule has 9 heteroatoms. The van der Waals surface area contributed by atoms with Gasteiger partial charge in [0, 0.05) is 17.8 Å². The third kappa shape index (κ3) is 6.63. The van der Waals surface area contributed by atoms with Crippen molar-refractivity contribution in [2.45, 2.75) is 13.5 Å². The van der Waals surface area contributed by atoms with Crippen molar-refractivity contribution in [1.82, 2.24) is 0 Å². The van der Waals surface area contributed by atoms with E-state index in [1.807, 2.05) is 25.1 Å². The first-order valence-electron chi connectivity index (χ1n) is 9.62. The first-order valence-corrected chi connectivity index (χ1v) is 11.5. The van der Waals surface area contributed by atoms with Gasteiger partial charge in [-0.15, -0.1) is 0 Å². The number of carbonyl (C=O) groups is 1. The van der Waals surface area contributed by atoms with E-state index in [4.69, 9.17) is 4.74 Å². The minimum absolute atomic E-state index is 0.00158. The zero-order chi connectivity index (χ0) is 24.0. The molecule has 1 N–H and O–H groups in total. The standard InChI is InChI=1S/C24H17BrIN3O4/c1-15-5-7-19(8-6-15)28-24(30)18(13-27)9-17-11-21(25)23(22(26)12-17)33-14-16-3-2-4-20(10-16)29(31)32/h2-12H,14H2,1H3,(H,28,30)/b18-9+. The molecule has 0 spiro atoms. The number of non-ortho nitro benzene ring substituents is 1. The molecular formula is C24H17BrIN3O4. The molecule has 0 bridgehead atoms. The summed E-state index contributed by atoms with van der Waals surface area (Å²) < 4.78 is 7.24. The normalized spacial score (nSPS) is 10.9. The highest BCUT2D eigenvalue weighted by Gasteiger charge is 2.13. The number of benzene rings is 3. The number of hydrogen-bond donors (Lipinski definition) is 1. The molecule has 0 aliphatic carbocycles. The number of nitriles is 1. The molecule has 166 valence electrons. The molecule has 0 aliphatic heterocycles. The lowest BCUT2D eigenvalue weighted by molar-refractivity contribution is -0.384. The minimum Gasteiger partial charge on any atom is -0.487 e. The summed E-state index contributed by atoms with van der Waals surface area (Å²) >= 11 is 5.56. The molecule has 33 heavy (non-hydrogen) atoms. The lowest BCUT2D eigenvalue weighted by atomic mass is 10.1. The molecule has 0 saturated carbocycles. The fraction of sp³-hybridized carbons (Fsp3) is 0.0833. The molecule has 3 aromatic carbocycles. The average Bonchev–Trinajstić information content (AvgIpc) is 2.78. The van der Waals surface area contributed by atoms with E-state index in [-0.39, 0.29) is 17.9 Å². The first kappa shape index (κ1) is 24.4. The molecule has 0 aromatic heterocycles. The van der Waals surface area contributed by atoms with Crippen molar-refractivity contribution >= 4 is 61.9 Å². The van der Waals surface area contributed by atoms with Gasteiger partial charge >= 0.3 is 0 Å². The van der Waals surface area contributed by atoms with Crippen molar-refractivity contribution in [2.24, 2.45) is 0 Å². The number of nitro groups is 1. The molecular weight excluding hydrogens is 601 g/mol. The summed E-state index contributed by atoms with van der Waals surface area (Å²) in [5.41, 5.74) is 2.94. The number of rotatable bonds is 7. The second kappa shape index (κ2) is 11.1. The Morgan fingerprint density at radius 2 is 1.97 bits per heavy atom. The number of nitrogens with one attached hydrogen (secondary N) is 1. The van der Waals surface area contributed by atoms with E-state index < -0.39 is 10.8 Å². The number of carbonyl (C=O) groups excluding carboxylic acids is 1. The Hall–Kier alpha value is -3.23. The number of hydrogen-bond acceptors (Lipinski definition) is 5. The number of ether oxygens (including phenoxy) is 1. The number of anilines is 1. The summed E-state index contributed by atoms with van der Waals surface area (Å²) in [6.07, 6.45) is 1.50. The molecule has 0 atom stereocenters. The maximum Gasteiger partial charge on any atom is 0.269 e. The molecule has 1 amide bonds. The van der Waals surface area contributed by atoms with Crippen molar-refractivity contribution in [2.75, 3.05) is 5.32 Å². The van der Waals surface area contributed by atoms with Gasteiger partial charge in [-0.2, -0.15) is 5.26 Å². The van der Waals surface area contributed by atoms with Crippen LogP contribution in [0.25, 0.3) is 6.08 Å². The zero-order valence-corrected chi connectivity index (χ0v) is 21.1. The van der Waals surface area contributed by atoms with E-state index in [0.29, 0.717) is 27.0 Å². The lowest BCUT2D eigenvalue weighted by Crippen LogP contribution is -2.13. The average molecular weight is 618 g/mol. The Balaban J connectivity index is 1.76. The largest absolute Gasteiger partial charge is 0.487 e. The molecule has 0 aliphatic rings. The number of nitro benzene ring substituents is 1. The van der Waals surface area contributed by atoms with Crippen LogP contribution in [0.15, 0.2) is 70.7 Å². The zero-order valence-electron chi connectivity index (χ0n) is 17.3. The van der Waals surface area contributed by atoms with Crippen molar-refractivity contribution in [1.29, 1.82) is 5.26 Å². The van der Waals surface area contributed by atoms with Gasteiger partial charge in [0.25, 0.3) is 11.6 Å². The summed E-state index contributed by atoms with van der Waals surface area (Å²) in [4.78, 5) is 23.0. The Morgan fingerprint density at radius 3 is 2.61 bits per heavy atom. The first-order chi connectivity index (χ1) is 15.8. The topological polar surface area (TPSA) is 105 Å². The van der Waals surface area contributed by atoms with Crippen LogP contribution in [-0.4, -0.2) is 10.8 Å². The van der Waals surface area contributed by atoms with Crippen molar-refractivity contribution in [3.63, 3.8) is 0 Å². The van der Waals surface area contributed by atoms with Crippen LogP contribution in [0.3, 0.4) is 0 Å². The molecule has 0 fully saturated rings. The van der Waals surface area contributed by atoms with Crippen molar-refractivity contribution < 1.29 is 14.5 Å². The van der Waals surface area contributed by atoms with Crippen LogP contribution in [0, 0.1) is 31.9 Å². The Morgan fingerprint density at radius 1 is 1.24 bits per heavy atom. The molecule has 7 nitrogen and oxygen atoms in total. The van der Waals surface area contributed by atoms with Gasteiger partial charge < -0.3 is 10.1 Å². The van der Waals surface area contributed by atoms with Gasteiger partial charge in [0.2, 0.25) is 0 Å². The van der Waals surface area contributed by atoms with Crippen LogP contribution >= 0.6 is 38.5 Å². The summed E-state index contributed by atoms with van der Waals surface area (Å²) in [6.45, 7) is 2.09. The minimum atomic E-state index is -0.501. The SMILES string of the molecule is Cc1ccc(NC(=O)/C(C#N)=C/c2cc(Br)c(OCc3cccc([N+](=O)[O-])c3)c(I)c2)cc1. The predicted octanol–water partition coefficient (Wildman–Crippen LogP) is 6.40. The van der Waals surface area contributed by atoms with E-state index in [1.54, 1.807) is 36.4 Å². The molecule has 0 heterocycles. The molecule has 0 saturated heterocycles. The fourth-order valence-corrected chi connectivity index (χ4v) is 4.64. The summed E-state index contributed by atoms with van der Waals surface area (Å²) in [6, 6.07) is 19.0. The number of aryl methyl sites for hydroxylation is 1. The maximum absolute atomic E-state index is 12.5. The highest BCUT2D eigenvalue weighted by Crippen LogP contribution is 2.33. The van der Waals surface area contributed by atoms with Gasteiger partial charge in [0.15, 0.2) is 0 Å². The van der Waals surface area contributed by atoms with Gasteiger partial charge in [-0.1, -0.05) is 29.8 Å². The van der Waals surface area contributed by atoms with E-state index in [2.05, 4.69) is 43.8 Å². The maximum atomic E-state index is 12.5. The van der Waals surface area contributed by atoms with Crippen LogP contribution < -0.4 is 10.1 Å². The molecule has 0 radical (unpaired) electrons. The van der Waals surface area contributed by atoms with E-state index >= 15 is 0 Å². The Bertz CT molecular complexity index is 1260. The van der Waals surface area contributed by atoms with Crippen LogP contribution in [0.2, 0.25) is 0 Å². The quantitative estimate of drug-likeness (QED) is 0.109. The van der Waals surface area contributed by atoms with Gasteiger partial charge in [0.1, 0.15) is 24.0 Å².